The Morgan fingerprint density at radius 2 is 2.00 bits per heavy atom. The van der Waals surface area contributed by atoms with E-state index < -0.39 is 0 Å². The first-order valence-corrected chi connectivity index (χ1v) is 7.06. The standard InChI is InChI=1S/C15H21BN2O/c1-3-4-5-6-9-12(2)16-17-14-11-8-7-10-13(14)15(19)18-16/h7-8,10-11,17H,2-6,9H2,1H3,(H,18,19). The summed E-state index contributed by atoms with van der Waals surface area (Å²) in [7, 11) is 0. The van der Waals surface area contributed by atoms with Gasteiger partial charge in [-0.1, -0.05) is 50.2 Å². The number of amides is 1. The molecule has 0 radical (unpaired) electrons. The van der Waals surface area contributed by atoms with E-state index in [1.807, 2.05) is 24.3 Å². The van der Waals surface area contributed by atoms with Gasteiger partial charge in [0.15, 0.2) is 0 Å². The third-order valence-corrected chi connectivity index (χ3v) is 3.51. The molecule has 0 bridgehead atoms. The molecule has 1 aliphatic rings. The predicted octanol–water partition coefficient (Wildman–Crippen LogP) is 3.40. The van der Waals surface area contributed by atoms with Crippen LogP contribution < -0.4 is 10.5 Å². The summed E-state index contributed by atoms with van der Waals surface area (Å²) in [5.74, 6) is -0.0194. The number of carbonyl (C=O) groups excluding carboxylic acids is 1. The average Bonchev–Trinajstić information content (AvgIpc) is 2.43. The number of nitrogens with one attached hydrogen (secondary N) is 2. The van der Waals surface area contributed by atoms with E-state index in [1.54, 1.807) is 0 Å². The largest absolute Gasteiger partial charge is 0.405 e. The zero-order valence-corrected chi connectivity index (χ0v) is 11.5. The van der Waals surface area contributed by atoms with Gasteiger partial charge in [-0.15, -0.1) is 6.58 Å². The normalized spacial score (nSPS) is 13.5. The Morgan fingerprint density at radius 3 is 2.79 bits per heavy atom. The quantitative estimate of drug-likeness (QED) is 0.605. The fourth-order valence-electron chi connectivity index (χ4n) is 2.33. The Labute approximate surface area is 115 Å². The van der Waals surface area contributed by atoms with Crippen LogP contribution in [0.1, 0.15) is 49.4 Å². The van der Waals surface area contributed by atoms with E-state index in [0.29, 0.717) is 5.56 Å². The van der Waals surface area contributed by atoms with Crippen LogP contribution in [0.2, 0.25) is 0 Å². The number of benzene rings is 1. The van der Waals surface area contributed by atoms with Crippen LogP contribution in [-0.4, -0.2) is 12.9 Å². The van der Waals surface area contributed by atoms with E-state index in [0.717, 1.165) is 24.0 Å². The maximum Gasteiger partial charge on any atom is 0.403 e. The maximum absolute atomic E-state index is 12.0. The molecule has 1 aliphatic heterocycles. The summed E-state index contributed by atoms with van der Waals surface area (Å²) in [6.45, 7) is 6.17. The van der Waals surface area contributed by atoms with Crippen LogP contribution in [0, 0.1) is 0 Å². The number of rotatable bonds is 6. The van der Waals surface area contributed by atoms with Gasteiger partial charge in [0.1, 0.15) is 0 Å². The van der Waals surface area contributed by atoms with Gasteiger partial charge in [-0.25, -0.2) is 0 Å². The van der Waals surface area contributed by atoms with Crippen LogP contribution in [0.5, 0.6) is 0 Å². The zero-order valence-electron chi connectivity index (χ0n) is 11.5. The Bertz CT molecular complexity index is 473. The summed E-state index contributed by atoms with van der Waals surface area (Å²) in [6, 6.07) is 7.58. The lowest BCUT2D eigenvalue weighted by molar-refractivity contribution is 0.0978. The lowest BCUT2D eigenvalue weighted by Crippen LogP contribution is -2.50. The maximum atomic E-state index is 12.0. The van der Waals surface area contributed by atoms with Gasteiger partial charge >= 0.3 is 6.98 Å². The Morgan fingerprint density at radius 1 is 1.21 bits per heavy atom. The van der Waals surface area contributed by atoms with Crippen molar-refractivity contribution in [3.05, 3.63) is 41.9 Å². The van der Waals surface area contributed by atoms with Gasteiger partial charge < -0.3 is 10.5 Å². The van der Waals surface area contributed by atoms with Gasteiger partial charge in [0, 0.05) is 5.69 Å². The van der Waals surface area contributed by atoms with Crippen LogP contribution in [0.15, 0.2) is 36.3 Å². The number of allylic oxidation sites excluding steroid dienone is 1. The van der Waals surface area contributed by atoms with Crippen molar-refractivity contribution in [2.75, 3.05) is 5.23 Å². The molecule has 2 rings (SSSR count). The minimum absolute atomic E-state index is 0.0194. The minimum Gasteiger partial charge on any atom is -0.405 e. The summed E-state index contributed by atoms with van der Waals surface area (Å²) < 4.78 is 0. The number of anilines is 1. The van der Waals surface area contributed by atoms with E-state index in [2.05, 4.69) is 24.0 Å². The molecule has 0 saturated heterocycles. The molecule has 0 spiro atoms. The molecule has 2 N–H and O–H groups in total. The topological polar surface area (TPSA) is 41.1 Å². The minimum atomic E-state index is -0.135. The highest BCUT2D eigenvalue weighted by Crippen LogP contribution is 2.21. The summed E-state index contributed by atoms with van der Waals surface area (Å²) in [4.78, 5) is 12.0. The molecule has 100 valence electrons. The van der Waals surface area contributed by atoms with Crippen LogP contribution in [0.25, 0.3) is 0 Å². The summed E-state index contributed by atoms with van der Waals surface area (Å²) in [5, 5.41) is 6.30. The smallest absolute Gasteiger partial charge is 0.403 e. The van der Waals surface area contributed by atoms with Gasteiger partial charge in [-0.05, 0) is 18.6 Å². The fraction of sp³-hybridized carbons (Fsp3) is 0.400. The van der Waals surface area contributed by atoms with Crippen molar-refractivity contribution in [2.45, 2.75) is 39.0 Å². The first-order chi connectivity index (χ1) is 9.22. The number of para-hydroxylation sites is 1. The van der Waals surface area contributed by atoms with Gasteiger partial charge in [0.25, 0.3) is 0 Å². The summed E-state index contributed by atoms with van der Waals surface area (Å²) in [5.41, 5.74) is 2.66. The molecule has 0 aliphatic carbocycles. The molecule has 0 saturated carbocycles. The van der Waals surface area contributed by atoms with Crippen LogP contribution >= 0.6 is 0 Å². The van der Waals surface area contributed by atoms with Crippen molar-refractivity contribution in [3.63, 3.8) is 0 Å². The molecule has 1 aromatic rings. The monoisotopic (exact) mass is 256 g/mol. The fourth-order valence-corrected chi connectivity index (χ4v) is 2.33. The second kappa shape index (κ2) is 6.46. The number of hydrogen-bond acceptors (Lipinski definition) is 2. The highest BCUT2D eigenvalue weighted by molar-refractivity contribution is 6.71. The van der Waals surface area contributed by atoms with Gasteiger partial charge in [-0.3, -0.25) is 4.79 Å². The molecule has 1 aromatic carbocycles. The van der Waals surface area contributed by atoms with Gasteiger partial charge in [0.05, 0.1) is 5.56 Å². The van der Waals surface area contributed by atoms with E-state index in [4.69, 9.17) is 0 Å². The van der Waals surface area contributed by atoms with E-state index in [9.17, 15) is 4.79 Å². The van der Waals surface area contributed by atoms with Crippen molar-refractivity contribution in [3.8, 4) is 0 Å². The number of carbonyl (C=O) groups is 1. The molecule has 4 heteroatoms. The van der Waals surface area contributed by atoms with E-state index in [1.165, 1.54) is 19.3 Å². The van der Waals surface area contributed by atoms with Crippen LogP contribution in [0.3, 0.4) is 0 Å². The Kier molecular flexibility index (Phi) is 4.66. The lowest BCUT2D eigenvalue weighted by Gasteiger charge is -2.26. The second-order valence-corrected chi connectivity index (χ2v) is 5.07. The number of hydrogen-bond donors (Lipinski definition) is 2. The molecule has 1 heterocycles. The SMILES string of the molecule is C=C(CCCCCC)B1NC(=O)c2ccccc2N1. The second-order valence-electron chi connectivity index (χ2n) is 5.07. The molecular weight excluding hydrogens is 235 g/mol. The molecule has 1 amide bonds. The highest BCUT2D eigenvalue weighted by Gasteiger charge is 2.28. The Hall–Kier alpha value is -1.71. The molecule has 0 unspecified atom stereocenters. The van der Waals surface area contributed by atoms with Gasteiger partial charge in [0.2, 0.25) is 5.91 Å². The first-order valence-electron chi connectivity index (χ1n) is 7.06. The third kappa shape index (κ3) is 3.40. The van der Waals surface area contributed by atoms with Crippen LogP contribution in [0.4, 0.5) is 5.69 Å². The molecule has 3 nitrogen and oxygen atoms in total. The molecular formula is C15H21BN2O. The van der Waals surface area contributed by atoms with Crippen molar-refractivity contribution in [1.82, 2.24) is 5.23 Å². The van der Waals surface area contributed by atoms with Crippen molar-refractivity contribution in [1.29, 1.82) is 0 Å². The highest BCUT2D eigenvalue weighted by atomic mass is 16.1. The lowest BCUT2D eigenvalue weighted by atomic mass is 9.64. The molecule has 0 fully saturated rings. The Balaban J connectivity index is 1.93. The molecule has 0 atom stereocenters. The predicted molar refractivity (Wildman–Crippen MR) is 81.2 cm³/mol. The zero-order chi connectivity index (χ0) is 13.7. The number of unbranched alkanes of at least 4 members (excludes halogenated alkanes) is 3. The van der Waals surface area contributed by atoms with Crippen LogP contribution in [-0.2, 0) is 0 Å². The average molecular weight is 256 g/mol. The van der Waals surface area contributed by atoms with E-state index >= 15 is 0 Å². The summed E-state index contributed by atoms with van der Waals surface area (Å²) in [6.07, 6.45) is 5.83. The third-order valence-electron chi connectivity index (χ3n) is 3.51. The van der Waals surface area contributed by atoms with Crippen molar-refractivity contribution >= 4 is 18.6 Å². The molecule has 19 heavy (non-hydrogen) atoms. The first kappa shape index (κ1) is 13.7. The number of fused-ring (bicyclic) bond motifs is 1. The molecule has 0 aromatic heterocycles. The van der Waals surface area contributed by atoms with Gasteiger partial charge in [-0.2, -0.15) is 0 Å². The van der Waals surface area contributed by atoms with Crippen molar-refractivity contribution < 1.29 is 4.79 Å². The van der Waals surface area contributed by atoms with Crippen molar-refractivity contribution in [2.24, 2.45) is 0 Å². The summed E-state index contributed by atoms with van der Waals surface area (Å²) >= 11 is 0. The van der Waals surface area contributed by atoms with E-state index in [-0.39, 0.29) is 12.9 Å².